The van der Waals surface area contributed by atoms with Gasteiger partial charge in [-0.1, -0.05) is 0 Å². The third kappa shape index (κ3) is 3.29. The van der Waals surface area contributed by atoms with Crippen LogP contribution in [-0.4, -0.2) is 27.7 Å². The van der Waals surface area contributed by atoms with Gasteiger partial charge in [-0.25, -0.2) is 8.42 Å². The Morgan fingerprint density at radius 1 is 1.24 bits per heavy atom. The van der Waals surface area contributed by atoms with Gasteiger partial charge in [-0.3, -0.25) is 4.72 Å². The van der Waals surface area contributed by atoms with Crippen molar-refractivity contribution in [2.45, 2.75) is 11.5 Å². The summed E-state index contributed by atoms with van der Waals surface area (Å²) in [5, 5.41) is 10.8. The lowest BCUT2D eigenvalue weighted by Gasteiger charge is -2.13. The van der Waals surface area contributed by atoms with Crippen LogP contribution in [-0.2, 0) is 16.6 Å². The van der Waals surface area contributed by atoms with Crippen LogP contribution in [0.15, 0.2) is 34.5 Å². The van der Waals surface area contributed by atoms with E-state index in [4.69, 9.17) is 9.47 Å². The maximum absolute atomic E-state index is 12.4. The van der Waals surface area contributed by atoms with Crippen LogP contribution < -0.4 is 14.2 Å². The number of aliphatic hydroxyl groups is 1. The van der Waals surface area contributed by atoms with Crippen molar-refractivity contribution in [3.8, 4) is 11.5 Å². The molecule has 0 unspecified atom stereocenters. The summed E-state index contributed by atoms with van der Waals surface area (Å²) in [6.07, 6.45) is 0. The third-order valence-electron chi connectivity index (χ3n) is 2.79. The molecule has 0 radical (unpaired) electrons. The summed E-state index contributed by atoms with van der Waals surface area (Å²) in [5.74, 6) is 0.876. The van der Waals surface area contributed by atoms with Crippen molar-refractivity contribution in [1.82, 2.24) is 0 Å². The maximum atomic E-state index is 12.4. The average Bonchev–Trinajstić information content (AvgIpc) is 2.96. The molecule has 0 spiro atoms. The Hall–Kier alpha value is -1.77. The molecule has 114 valence electrons. The molecule has 1 aromatic heterocycles. The summed E-state index contributed by atoms with van der Waals surface area (Å²) in [4.78, 5) is 0.434. The van der Waals surface area contributed by atoms with E-state index in [2.05, 4.69) is 4.72 Å². The summed E-state index contributed by atoms with van der Waals surface area (Å²) in [5.41, 5.74) is 0.270. The minimum absolute atomic E-state index is 0.0554. The molecule has 6 nitrogen and oxygen atoms in total. The van der Waals surface area contributed by atoms with Crippen molar-refractivity contribution >= 4 is 27.0 Å². The van der Waals surface area contributed by atoms with Gasteiger partial charge in [0.2, 0.25) is 0 Å². The van der Waals surface area contributed by atoms with E-state index in [0.717, 1.165) is 0 Å². The smallest absolute Gasteiger partial charge is 0.263 e. The predicted molar refractivity (Wildman–Crippen MR) is 80.6 cm³/mol. The Kier molecular flexibility index (Phi) is 4.71. The molecule has 1 aromatic carbocycles. The number of benzene rings is 1. The van der Waals surface area contributed by atoms with Gasteiger partial charge in [0.15, 0.2) is 0 Å². The quantitative estimate of drug-likeness (QED) is 0.847. The Balaban J connectivity index is 2.41. The van der Waals surface area contributed by atoms with E-state index < -0.39 is 10.0 Å². The van der Waals surface area contributed by atoms with Crippen molar-refractivity contribution in [1.29, 1.82) is 0 Å². The minimum atomic E-state index is -3.81. The molecule has 0 aliphatic carbocycles. The van der Waals surface area contributed by atoms with Gasteiger partial charge in [-0.15, -0.1) is 11.3 Å². The summed E-state index contributed by atoms with van der Waals surface area (Å²) in [6.45, 7) is -0.330. The van der Waals surface area contributed by atoms with Gasteiger partial charge < -0.3 is 14.6 Å². The summed E-state index contributed by atoms with van der Waals surface area (Å²) in [7, 11) is -0.869. The van der Waals surface area contributed by atoms with Crippen LogP contribution in [0.25, 0.3) is 0 Å². The summed E-state index contributed by atoms with van der Waals surface area (Å²) >= 11 is 1.18. The van der Waals surface area contributed by atoms with Crippen LogP contribution in [0.4, 0.5) is 5.69 Å². The third-order valence-corrected chi connectivity index (χ3v) is 5.27. The molecule has 0 saturated heterocycles. The highest BCUT2D eigenvalue weighted by Crippen LogP contribution is 2.32. The Morgan fingerprint density at radius 2 is 2.00 bits per heavy atom. The van der Waals surface area contributed by atoms with Crippen molar-refractivity contribution < 1.29 is 23.0 Å². The van der Waals surface area contributed by atoms with E-state index in [1.807, 2.05) is 0 Å². The van der Waals surface area contributed by atoms with Gasteiger partial charge >= 0.3 is 0 Å². The zero-order valence-corrected chi connectivity index (χ0v) is 13.1. The number of rotatable bonds is 6. The predicted octanol–water partition coefficient (Wildman–Crippen LogP) is 2.06. The first kappa shape index (κ1) is 15.6. The van der Waals surface area contributed by atoms with E-state index in [9.17, 15) is 13.5 Å². The number of methoxy groups -OCH3 is 2. The lowest BCUT2D eigenvalue weighted by Crippen LogP contribution is -2.14. The number of anilines is 1. The Labute approximate surface area is 127 Å². The first-order valence-corrected chi connectivity index (χ1v) is 8.30. The first-order chi connectivity index (χ1) is 10.0. The topological polar surface area (TPSA) is 84.9 Å². The van der Waals surface area contributed by atoms with Crippen LogP contribution in [0.1, 0.15) is 4.88 Å². The molecule has 0 aliphatic rings. The Bertz CT molecular complexity index is 724. The Morgan fingerprint density at radius 3 is 2.62 bits per heavy atom. The van der Waals surface area contributed by atoms with Crippen LogP contribution in [0.3, 0.4) is 0 Å². The molecule has 0 fully saturated rings. The van der Waals surface area contributed by atoms with Gasteiger partial charge in [-0.05, 0) is 23.6 Å². The molecule has 2 aromatic rings. The molecule has 2 rings (SSSR count). The van der Waals surface area contributed by atoms with E-state index in [1.54, 1.807) is 17.5 Å². The molecular weight excluding hydrogens is 314 g/mol. The monoisotopic (exact) mass is 329 g/mol. The molecule has 21 heavy (non-hydrogen) atoms. The number of sulfonamides is 1. The van der Waals surface area contributed by atoms with Crippen LogP contribution in [0.2, 0.25) is 0 Å². The van der Waals surface area contributed by atoms with E-state index in [0.29, 0.717) is 16.4 Å². The lowest BCUT2D eigenvalue weighted by atomic mass is 10.3. The average molecular weight is 329 g/mol. The highest BCUT2D eigenvalue weighted by molar-refractivity contribution is 7.93. The van der Waals surface area contributed by atoms with Crippen molar-refractivity contribution in [3.63, 3.8) is 0 Å². The largest absolute Gasteiger partial charge is 0.497 e. The summed E-state index contributed by atoms with van der Waals surface area (Å²) in [6, 6.07) is 6.25. The van der Waals surface area contributed by atoms with Gasteiger partial charge in [0.25, 0.3) is 10.0 Å². The zero-order valence-electron chi connectivity index (χ0n) is 11.5. The second-order valence-corrected chi connectivity index (χ2v) is 6.69. The van der Waals surface area contributed by atoms with Crippen molar-refractivity contribution in [2.24, 2.45) is 0 Å². The van der Waals surface area contributed by atoms with Crippen molar-refractivity contribution in [2.75, 3.05) is 18.9 Å². The van der Waals surface area contributed by atoms with Gasteiger partial charge in [0, 0.05) is 6.07 Å². The second kappa shape index (κ2) is 6.33. The fraction of sp³-hybridized carbons (Fsp3) is 0.231. The fourth-order valence-corrected chi connectivity index (χ4v) is 4.13. The van der Waals surface area contributed by atoms with Gasteiger partial charge in [-0.2, -0.15) is 0 Å². The molecular formula is C13H15NO5S2. The fourth-order valence-electron chi connectivity index (χ4n) is 1.78. The van der Waals surface area contributed by atoms with Crippen molar-refractivity contribution in [3.05, 3.63) is 34.5 Å². The number of hydrogen-bond acceptors (Lipinski definition) is 6. The van der Waals surface area contributed by atoms with E-state index in [1.165, 1.54) is 37.7 Å². The highest BCUT2D eigenvalue weighted by atomic mass is 32.2. The van der Waals surface area contributed by atoms with Gasteiger partial charge in [0.05, 0.1) is 31.4 Å². The minimum Gasteiger partial charge on any atom is -0.497 e. The second-order valence-electron chi connectivity index (χ2n) is 4.04. The molecule has 0 saturated carbocycles. The zero-order chi connectivity index (χ0) is 15.5. The molecule has 0 amide bonds. The normalized spacial score (nSPS) is 11.2. The first-order valence-electron chi connectivity index (χ1n) is 5.94. The van der Waals surface area contributed by atoms with Crippen LogP contribution >= 0.6 is 11.3 Å². The number of thiophene rings is 1. The molecule has 0 aliphatic heterocycles. The highest BCUT2D eigenvalue weighted by Gasteiger charge is 2.21. The molecule has 8 heteroatoms. The molecule has 2 N–H and O–H groups in total. The standard InChI is InChI=1S/C13H15NO5S2/c1-18-9-3-4-11(19-2)10(7-9)14-21(16,17)13-5-6-20-12(13)8-15/h3-7,14-15H,8H2,1-2H3. The molecule has 0 bridgehead atoms. The number of hydrogen-bond donors (Lipinski definition) is 2. The summed E-state index contributed by atoms with van der Waals surface area (Å²) < 4.78 is 37.5. The SMILES string of the molecule is COc1ccc(OC)c(NS(=O)(=O)c2ccsc2CO)c1. The van der Waals surface area contributed by atoms with Crippen LogP contribution in [0, 0.1) is 0 Å². The van der Waals surface area contributed by atoms with E-state index >= 15 is 0 Å². The molecule has 1 heterocycles. The van der Waals surface area contributed by atoms with Crippen LogP contribution in [0.5, 0.6) is 11.5 Å². The molecule has 0 atom stereocenters. The maximum Gasteiger partial charge on any atom is 0.263 e. The van der Waals surface area contributed by atoms with Gasteiger partial charge in [0.1, 0.15) is 16.4 Å². The lowest BCUT2D eigenvalue weighted by molar-refractivity contribution is 0.282. The number of nitrogens with one attached hydrogen (secondary N) is 1. The van der Waals surface area contributed by atoms with E-state index in [-0.39, 0.29) is 17.2 Å². The number of aliphatic hydroxyl groups excluding tert-OH is 1. The number of ether oxygens (including phenoxy) is 2.